The molecule has 0 spiro atoms. The Labute approximate surface area is 170 Å². The molecule has 0 unspecified atom stereocenters. The summed E-state index contributed by atoms with van der Waals surface area (Å²) in [5.41, 5.74) is 2.22. The van der Waals surface area contributed by atoms with Crippen LogP contribution >= 0.6 is 0 Å². The van der Waals surface area contributed by atoms with E-state index in [0.29, 0.717) is 30.0 Å². The van der Waals surface area contributed by atoms with Crippen molar-refractivity contribution in [3.05, 3.63) is 63.5 Å². The highest BCUT2D eigenvalue weighted by Crippen LogP contribution is 2.25. The van der Waals surface area contributed by atoms with E-state index < -0.39 is 5.82 Å². The van der Waals surface area contributed by atoms with Crippen molar-refractivity contribution < 1.29 is 18.2 Å². The van der Waals surface area contributed by atoms with Crippen molar-refractivity contribution in [1.82, 2.24) is 25.1 Å². The lowest BCUT2D eigenvalue weighted by Gasteiger charge is -2.05. The Morgan fingerprint density at radius 2 is 1.97 bits per heavy atom. The van der Waals surface area contributed by atoms with Gasteiger partial charge in [-0.05, 0) is 44.5 Å². The molecule has 0 radical (unpaired) electrons. The standard InChI is InChI=1S/C20H18FN5O4/c1-11-14(12(2)29-24-11)8-9-26-18(27)7-5-16(23-26)20-22-19(25-30-20)13-4-6-17(28-3)15(21)10-13/h4-7,10H,8-9H2,1-3H3. The molecule has 0 N–H and O–H groups in total. The third-order valence-electron chi connectivity index (χ3n) is 4.68. The Morgan fingerprint density at radius 1 is 1.13 bits per heavy atom. The number of hydrogen-bond acceptors (Lipinski definition) is 8. The summed E-state index contributed by atoms with van der Waals surface area (Å²) >= 11 is 0. The molecule has 10 heteroatoms. The summed E-state index contributed by atoms with van der Waals surface area (Å²) in [7, 11) is 1.39. The average molecular weight is 411 g/mol. The van der Waals surface area contributed by atoms with E-state index in [4.69, 9.17) is 13.8 Å². The van der Waals surface area contributed by atoms with E-state index in [1.165, 1.54) is 36.1 Å². The van der Waals surface area contributed by atoms with Gasteiger partial charge in [0.25, 0.3) is 11.4 Å². The zero-order valence-electron chi connectivity index (χ0n) is 16.5. The van der Waals surface area contributed by atoms with Gasteiger partial charge in [0.05, 0.1) is 12.8 Å². The molecule has 30 heavy (non-hydrogen) atoms. The van der Waals surface area contributed by atoms with Crippen LogP contribution in [0.2, 0.25) is 0 Å². The van der Waals surface area contributed by atoms with E-state index in [-0.39, 0.29) is 23.0 Å². The minimum Gasteiger partial charge on any atom is -0.494 e. The Morgan fingerprint density at radius 3 is 2.67 bits per heavy atom. The molecule has 3 heterocycles. The SMILES string of the molecule is COc1ccc(-c2noc(-c3ccc(=O)n(CCc4c(C)noc4C)n3)n2)cc1F. The fourth-order valence-electron chi connectivity index (χ4n) is 3.05. The first-order valence-corrected chi connectivity index (χ1v) is 9.14. The van der Waals surface area contributed by atoms with E-state index in [1.54, 1.807) is 6.07 Å². The molecule has 4 aromatic rings. The van der Waals surface area contributed by atoms with Gasteiger partial charge in [0, 0.05) is 23.7 Å². The summed E-state index contributed by atoms with van der Waals surface area (Å²) in [6.07, 6.45) is 0.539. The molecular weight excluding hydrogens is 393 g/mol. The number of aromatic nitrogens is 5. The van der Waals surface area contributed by atoms with E-state index in [0.717, 1.165) is 11.3 Å². The molecule has 154 valence electrons. The van der Waals surface area contributed by atoms with Crippen molar-refractivity contribution in [2.24, 2.45) is 0 Å². The van der Waals surface area contributed by atoms with Crippen LogP contribution in [-0.4, -0.2) is 32.2 Å². The second-order valence-corrected chi connectivity index (χ2v) is 6.61. The predicted octanol–water partition coefficient (Wildman–Crippen LogP) is 2.96. The van der Waals surface area contributed by atoms with Crippen LogP contribution in [0.5, 0.6) is 5.75 Å². The Kier molecular flexibility index (Phi) is 5.13. The molecule has 0 aliphatic rings. The molecule has 4 rings (SSSR count). The average Bonchev–Trinajstić information content (AvgIpc) is 3.35. The smallest absolute Gasteiger partial charge is 0.278 e. The fraction of sp³-hybridized carbons (Fsp3) is 0.250. The molecule has 0 bridgehead atoms. The van der Waals surface area contributed by atoms with Crippen LogP contribution in [0.25, 0.3) is 23.0 Å². The summed E-state index contributed by atoms with van der Waals surface area (Å²) in [6.45, 7) is 4.00. The van der Waals surface area contributed by atoms with Crippen molar-refractivity contribution in [3.8, 4) is 28.7 Å². The van der Waals surface area contributed by atoms with Crippen LogP contribution in [-0.2, 0) is 13.0 Å². The number of rotatable bonds is 6. The minimum absolute atomic E-state index is 0.118. The van der Waals surface area contributed by atoms with E-state index in [2.05, 4.69) is 20.4 Å². The fourth-order valence-corrected chi connectivity index (χ4v) is 3.05. The number of nitrogens with zero attached hydrogens (tertiary/aromatic N) is 5. The van der Waals surface area contributed by atoms with Gasteiger partial charge in [-0.3, -0.25) is 4.79 Å². The zero-order chi connectivity index (χ0) is 21.3. The van der Waals surface area contributed by atoms with Gasteiger partial charge < -0.3 is 13.8 Å². The van der Waals surface area contributed by atoms with Gasteiger partial charge in [-0.15, -0.1) is 0 Å². The Hall–Kier alpha value is -3.82. The molecule has 0 atom stereocenters. The Bertz CT molecular complexity index is 1240. The van der Waals surface area contributed by atoms with Gasteiger partial charge in [-0.1, -0.05) is 10.3 Å². The lowest BCUT2D eigenvalue weighted by molar-refractivity contribution is 0.386. The van der Waals surface area contributed by atoms with Crippen molar-refractivity contribution >= 4 is 0 Å². The third kappa shape index (κ3) is 3.71. The molecular formula is C20H18FN5O4. The van der Waals surface area contributed by atoms with Crippen LogP contribution in [0.1, 0.15) is 17.0 Å². The van der Waals surface area contributed by atoms with Crippen LogP contribution in [0.4, 0.5) is 4.39 Å². The molecule has 1 aromatic carbocycles. The van der Waals surface area contributed by atoms with Crippen LogP contribution < -0.4 is 10.3 Å². The zero-order valence-corrected chi connectivity index (χ0v) is 16.5. The highest BCUT2D eigenvalue weighted by molar-refractivity contribution is 5.58. The molecule has 0 aliphatic carbocycles. The molecule has 0 saturated heterocycles. The van der Waals surface area contributed by atoms with E-state index in [9.17, 15) is 9.18 Å². The largest absolute Gasteiger partial charge is 0.494 e. The second-order valence-electron chi connectivity index (χ2n) is 6.61. The first-order chi connectivity index (χ1) is 14.5. The minimum atomic E-state index is -0.535. The van der Waals surface area contributed by atoms with E-state index >= 15 is 0 Å². The number of methoxy groups -OCH3 is 1. The van der Waals surface area contributed by atoms with Gasteiger partial charge in [-0.2, -0.15) is 10.1 Å². The maximum absolute atomic E-state index is 13.9. The number of ether oxygens (including phenoxy) is 1. The Balaban J connectivity index is 1.59. The van der Waals surface area contributed by atoms with Crippen molar-refractivity contribution in [1.29, 1.82) is 0 Å². The third-order valence-corrected chi connectivity index (χ3v) is 4.68. The summed E-state index contributed by atoms with van der Waals surface area (Å²) in [4.78, 5) is 16.5. The van der Waals surface area contributed by atoms with Gasteiger partial charge in [-0.25, -0.2) is 9.07 Å². The molecule has 0 amide bonds. The highest BCUT2D eigenvalue weighted by atomic mass is 19.1. The van der Waals surface area contributed by atoms with Crippen molar-refractivity contribution in [2.75, 3.05) is 7.11 Å². The van der Waals surface area contributed by atoms with Gasteiger partial charge in [0.1, 0.15) is 11.5 Å². The molecule has 0 saturated carbocycles. The van der Waals surface area contributed by atoms with Crippen molar-refractivity contribution in [3.63, 3.8) is 0 Å². The number of aryl methyl sites for hydroxylation is 3. The van der Waals surface area contributed by atoms with Crippen LogP contribution in [0, 0.1) is 19.7 Å². The van der Waals surface area contributed by atoms with Crippen LogP contribution in [0.15, 0.2) is 44.2 Å². The topological polar surface area (TPSA) is 109 Å². The second kappa shape index (κ2) is 7.90. The highest BCUT2D eigenvalue weighted by Gasteiger charge is 2.16. The number of benzene rings is 1. The quantitative estimate of drug-likeness (QED) is 0.476. The molecule has 9 nitrogen and oxygen atoms in total. The van der Waals surface area contributed by atoms with Gasteiger partial charge in [0.15, 0.2) is 11.6 Å². The lowest BCUT2D eigenvalue weighted by Crippen LogP contribution is -2.23. The van der Waals surface area contributed by atoms with Crippen LogP contribution in [0.3, 0.4) is 0 Å². The first-order valence-electron chi connectivity index (χ1n) is 9.14. The number of halogens is 1. The summed E-state index contributed by atoms with van der Waals surface area (Å²) < 4.78 is 30.6. The monoisotopic (exact) mass is 411 g/mol. The molecule has 0 fully saturated rings. The summed E-state index contributed by atoms with van der Waals surface area (Å²) in [5, 5.41) is 12.1. The summed E-state index contributed by atoms with van der Waals surface area (Å²) in [6, 6.07) is 7.24. The maximum Gasteiger partial charge on any atom is 0.278 e. The number of hydrogen-bond donors (Lipinski definition) is 0. The lowest BCUT2D eigenvalue weighted by atomic mass is 10.1. The predicted molar refractivity (Wildman–Crippen MR) is 103 cm³/mol. The first kappa shape index (κ1) is 19.5. The molecule has 0 aliphatic heterocycles. The van der Waals surface area contributed by atoms with Crippen molar-refractivity contribution in [2.45, 2.75) is 26.8 Å². The van der Waals surface area contributed by atoms with Gasteiger partial charge in [0.2, 0.25) is 5.82 Å². The normalized spacial score (nSPS) is 11.1. The van der Waals surface area contributed by atoms with Gasteiger partial charge >= 0.3 is 0 Å². The summed E-state index contributed by atoms with van der Waals surface area (Å²) in [5.74, 6) is 0.612. The maximum atomic E-state index is 13.9. The molecule has 3 aromatic heterocycles. The van der Waals surface area contributed by atoms with E-state index in [1.807, 2.05) is 13.8 Å².